The summed E-state index contributed by atoms with van der Waals surface area (Å²) < 4.78 is 10.6. The van der Waals surface area contributed by atoms with Gasteiger partial charge in [0.2, 0.25) is 11.1 Å². The highest BCUT2D eigenvalue weighted by atomic mass is 32.2. The third kappa shape index (κ3) is 3.17. The van der Waals surface area contributed by atoms with E-state index in [0.29, 0.717) is 11.3 Å². The number of hydrogen-bond donors (Lipinski definition) is 1. The fourth-order valence-electron chi connectivity index (χ4n) is 1.60. The first-order chi connectivity index (χ1) is 10.5. The molecule has 22 heavy (non-hydrogen) atoms. The van der Waals surface area contributed by atoms with Gasteiger partial charge in [0.25, 0.3) is 0 Å². The maximum atomic E-state index is 11.7. The number of thioether (sulfide) groups is 1. The normalized spacial score (nSPS) is 11.5. The Morgan fingerprint density at radius 2 is 2.05 bits per heavy atom. The smallest absolute Gasteiger partial charge is 0.345 e. The van der Waals surface area contributed by atoms with Crippen LogP contribution in [0.4, 0.5) is 5.95 Å². The minimum absolute atomic E-state index is 0.0105. The van der Waals surface area contributed by atoms with Crippen molar-refractivity contribution in [3.8, 4) is 0 Å². The van der Waals surface area contributed by atoms with Gasteiger partial charge in [-0.1, -0.05) is 0 Å². The second-order valence-corrected chi connectivity index (χ2v) is 5.07. The lowest BCUT2D eigenvalue weighted by Crippen LogP contribution is -2.07. The van der Waals surface area contributed by atoms with Crippen LogP contribution < -0.4 is 5.73 Å². The van der Waals surface area contributed by atoms with Crippen molar-refractivity contribution in [2.24, 2.45) is 0 Å². The summed E-state index contributed by atoms with van der Waals surface area (Å²) in [6.07, 6.45) is 1.01. The molecule has 0 saturated heterocycles. The Morgan fingerprint density at radius 3 is 2.68 bits per heavy atom. The Kier molecular flexibility index (Phi) is 4.61. The molecule has 2 aromatic heterocycles. The van der Waals surface area contributed by atoms with Crippen molar-refractivity contribution in [1.82, 2.24) is 19.6 Å². The molecule has 0 aliphatic rings. The number of esters is 2. The molecule has 9 nitrogen and oxygen atoms in total. The van der Waals surface area contributed by atoms with E-state index in [2.05, 4.69) is 24.7 Å². The number of hydrogen-bond acceptors (Lipinski definition) is 9. The molecule has 0 amide bonds. The molecule has 0 spiro atoms. The number of fused-ring (bicyclic) bond motifs is 1. The molecule has 0 aromatic carbocycles. The van der Waals surface area contributed by atoms with Crippen molar-refractivity contribution < 1.29 is 19.1 Å². The predicted octanol–water partition coefficient (Wildman–Crippen LogP) is 0.337. The van der Waals surface area contributed by atoms with E-state index in [1.807, 2.05) is 0 Å². The minimum Gasteiger partial charge on any atom is -0.466 e. The second kappa shape index (κ2) is 6.43. The molecule has 0 aliphatic carbocycles. The molecule has 2 aromatic rings. The van der Waals surface area contributed by atoms with Gasteiger partial charge >= 0.3 is 11.9 Å². The van der Waals surface area contributed by atoms with Crippen molar-refractivity contribution in [3.05, 3.63) is 22.7 Å². The van der Waals surface area contributed by atoms with Crippen LogP contribution in [-0.2, 0) is 19.1 Å². The molecular weight excluding hydrogens is 310 g/mol. The zero-order valence-electron chi connectivity index (χ0n) is 12.1. The van der Waals surface area contributed by atoms with E-state index in [0.717, 1.165) is 17.8 Å². The molecule has 10 heteroatoms. The maximum Gasteiger partial charge on any atom is 0.345 e. The van der Waals surface area contributed by atoms with Gasteiger partial charge in [-0.3, -0.25) is 0 Å². The number of nitrogen functional groups attached to an aromatic ring is 1. The number of carbonyl (C=O) groups excluding carboxylic acids is 2. The van der Waals surface area contributed by atoms with Crippen LogP contribution in [0.15, 0.2) is 22.2 Å². The van der Waals surface area contributed by atoms with Crippen LogP contribution in [0.25, 0.3) is 5.65 Å². The summed E-state index contributed by atoms with van der Waals surface area (Å²) >= 11 is 0.876. The Morgan fingerprint density at radius 1 is 1.32 bits per heavy atom. The highest BCUT2D eigenvalue weighted by Crippen LogP contribution is 2.27. The molecule has 0 atom stereocenters. The molecular formula is C12H13N5O4S. The topological polar surface area (TPSA) is 122 Å². The maximum absolute atomic E-state index is 11.7. The van der Waals surface area contributed by atoms with Crippen molar-refractivity contribution in [1.29, 1.82) is 0 Å². The van der Waals surface area contributed by atoms with Gasteiger partial charge in [0.15, 0.2) is 5.65 Å². The Balaban J connectivity index is 2.45. The number of anilines is 1. The molecule has 116 valence electrons. The summed E-state index contributed by atoms with van der Waals surface area (Å²) in [6.45, 7) is 1.77. The Hall–Kier alpha value is -2.62. The summed E-state index contributed by atoms with van der Waals surface area (Å²) in [5, 5.41) is 8.17. The fourth-order valence-corrected chi connectivity index (χ4v) is 2.48. The predicted molar refractivity (Wildman–Crippen MR) is 77.9 cm³/mol. The average molecular weight is 323 g/mol. The summed E-state index contributed by atoms with van der Waals surface area (Å²) in [7, 11) is 2.41. The average Bonchev–Trinajstić information content (AvgIpc) is 2.88. The van der Waals surface area contributed by atoms with E-state index in [4.69, 9.17) is 5.73 Å². The fraction of sp³-hybridized carbons (Fsp3) is 0.250. The van der Waals surface area contributed by atoms with E-state index in [-0.39, 0.29) is 16.0 Å². The molecule has 0 aliphatic heterocycles. The van der Waals surface area contributed by atoms with E-state index in [1.165, 1.54) is 18.6 Å². The number of aryl methyl sites for hydroxylation is 1. The first kappa shape index (κ1) is 15.8. The van der Waals surface area contributed by atoms with Crippen LogP contribution in [-0.4, -0.2) is 45.7 Å². The molecule has 2 N–H and O–H groups in total. The molecule has 0 unspecified atom stereocenters. The molecule has 0 fully saturated rings. The van der Waals surface area contributed by atoms with Crippen molar-refractivity contribution in [2.75, 3.05) is 20.0 Å². The van der Waals surface area contributed by atoms with Gasteiger partial charge in [-0.15, -0.1) is 10.2 Å². The first-order valence-electron chi connectivity index (χ1n) is 6.00. The number of methoxy groups -OCH3 is 2. The highest BCUT2D eigenvalue weighted by molar-refractivity contribution is 8.03. The third-order valence-electron chi connectivity index (χ3n) is 2.55. The summed E-state index contributed by atoms with van der Waals surface area (Å²) in [4.78, 5) is 27.2. The van der Waals surface area contributed by atoms with E-state index in [9.17, 15) is 9.59 Å². The van der Waals surface area contributed by atoms with Crippen molar-refractivity contribution >= 4 is 35.3 Å². The molecule has 0 bridgehead atoms. The van der Waals surface area contributed by atoms with Crippen LogP contribution >= 0.6 is 11.8 Å². The van der Waals surface area contributed by atoms with Crippen LogP contribution in [0.3, 0.4) is 0 Å². The second-order valence-electron chi connectivity index (χ2n) is 4.06. The number of rotatable bonds is 4. The number of nitrogens with two attached hydrogens (primary N) is 1. The lowest BCUT2D eigenvalue weighted by Gasteiger charge is -2.05. The lowest BCUT2D eigenvalue weighted by molar-refractivity contribution is -0.137. The number of nitrogens with zero attached hydrogens (tertiary/aromatic N) is 4. The van der Waals surface area contributed by atoms with E-state index < -0.39 is 11.9 Å². The quantitative estimate of drug-likeness (QED) is 0.482. The number of ether oxygens (including phenoxy) is 2. The molecule has 2 heterocycles. The Labute approximate surface area is 129 Å². The zero-order chi connectivity index (χ0) is 16.3. The summed E-state index contributed by atoms with van der Waals surface area (Å²) in [6, 6.07) is 1.69. The number of carbonyl (C=O) groups is 2. The summed E-state index contributed by atoms with van der Waals surface area (Å²) in [5.74, 6) is -1.22. The van der Waals surface area contributed by atoms with Crippen LogP contribution in [0.5, 0.6) is 0 Å². The largest absolute Gasteiger partial charge is 0.466 e. The zero-order valence-corrected chi connectivity index (χ0v) is 12.9. The monoisotopic (exact) mass is 323 g/mol. The van der Waals surface area contributed by atoms with Crippen LogP contribution in [0, 0.1) is 6.92 Å². The Bertz CT molecular complexity index is 770. The van der Waals surface area contributed by atoms with Gasteiger partial charge in [0.1, 0.15) is 4.91 Å². The van der Waals surface area contributed by atoms with Gasteiger partial charge in [0.05, 0.1) is 14.2 Å². The number of aromatic nitrogens is 4. The highest BCUT2D eigenvalue weighted by Gasteiger charge is 2.19. The SMILES string of the molecule is COC(=O)/C=C(\Sc1nnc2cc(C)nc(N)n12)C(=O)OC. The molecule has 0 saturated carbocycles. The van der Waals surface area contributed by atoms with E-state index >= 15 is 0 Å². The third-order valence-corrected chi connectivity index (χ3v) is 3.51. The lowest BCUT2D eigenvalue weighted by atomic mass is 10.4. The minimum atomic E-state index is -0.703. The first-order valence-corrected chi connectivity index (χ1v) is 6.82. The molecule has 2 rings (SSSR count). The van der Waals surface area contributed by atoms with Crippen LogP contribution in [0.2, 0.25) is 0 Å². The van der Waals surface area contributed by atoms with Gasteiger partial charge in [-0.2, -0.15) is 0 Å². The van der Waals surface area contributed by atoms with Gasteiger partial charge < -0.3 is 15.2 Å². The van der Waals surface area contributed by atoms with Crippen molar-refractivity contribution in [3.63, 3.8) is 0 Å². The van der Waals surface area contributed by atoms with Gasteiger partial charge in [-0.25, -0.2) is 19.0 Å². The summed E-state index contributed by atoms with van der Waals surface area (Å²) in [5.41, 5.74) is 7.01. The van der Waals surface area contributed by atoms with Gasteiger partial charge in [-0.05, 0) is 18.7 Å². The molecule has 0 radical (unpaired) electrons. The van der Waals surface area contributed by atoms with E-state index in [1.54, 1.807) is 13.0 Å². The van der Waals surface area contributed by atoms with Gasteiger partial charge in [0, 0.05) is 17.8 Å². The van der Waals surface area contributed by atoms with Crippen molar-refractivity contribution in [2.45, 2.75) is 12.1 Å². The standard InChI is InChI=1S/C12H13N5O4S/c1-6-4-8-15-16-12(17(8)11(13)14-6)22-7(10(19)21-3)5-9(18)20-2/h4-5H,1-3H3,(H2,13,14)/b7-5-. The van der Waals surface area contributed by atoms with Crippen LogP contribution in [0.1, 0.15) is 5.69 Å².